The first-order chi connectivity index (χ1) is 10.2. The van der Waals surface area contributed by atoms with E-state index in [1.165, 1.54) is 7.11 Å². The third-order valence-corrected chi connectivity index (χ3v) is 5.27. The van der Waals surface area contributed by atoms with Crippen LogP contribution in [-0.2, 0) is 11.4 Å². The van der Waals surface area contributed by atoms with Crippen LogP contribution in [0.15, 0.2) is 23.1 Å². The molecule has 0 bridgehead atoms. The molecule has 6 nitrogen and oxygen atoms in total. The molecule has 0 radical (unpaired) electrons. The number of aliphatic hydroxyl groups is 2. The predicted molar refractivity (Wildman–Crippen MR) is 82.8 cm³/mol. The van der Waals surface area contributed by atoms with E-state index in [1.807, 2.05) is 6.07 Å². The largest absolute Gasteiger partial charge is 0.593 e. The first-order valence-corrected chi connectivity index (χ1v) is 8.87. The summed E-state index contributed by atoms with van der Waals surface area (Å²) in [6.45, 7) is 0.441. The van der Waals surface area contributed by atoms with Gasteiger partial charge in [-0.05, 0) is 12.5 Å². The zero-order chi connectivity index (χ0) is 15.7. The topological polar surface area (TPSA) is 99.8 Å². The molecule has 0 aromatic heterocycles. The summed E-state index contributed by atoms with van der Waals surface area (Å²) in [5.41, 5.74) is 0.300. The lowest BCUT2D eigenvalue weighted by atomic mass is 10.2. The van der Waals surface area contributed by atoms with Gasteiger partial charge < -0.3 is 19.5 Å². The van der Waals surface area contributed by atoms with Crippen molar-refractivity contribution in [1.29, 1.82) is 5.26 Å². The van der Waals surface area contributed by atoms with Crippen LogP contribution in [0.5, 0.6) is 5.75 Å². The van der Waals surface area contributed by atoms with Gasteiger partial charge in [-0.15, -0.1) is 4.31 Å². The third kappa shape index (κ3) is 5.44. The fourth-order valence-corrected chi connectivity index (χ4v) is 3.96. The van der Waals surface area contributed by atoms with Gasteiger partial charge in [-0.2, -0.15) is 5.26 Å². The lowest BCUT2D eigenvalue weighted by Crippen LogP contribution is -2.32. The van der Waals surface area contributed by atoms with E-state index in [0.29, 0.717) is 35.5 Å². The van der Waals surface area contributed by atoms with Crippen LogP contribution in [0.2, 0.25) is 0 Å². The van der Waals surface area contributed by atoms with Gasteiger partial charge in [0.25, 0.3) is 0 Å². The van der Waals surface area contributed by atoms with E-state index >= 15 is 0 Å². The Bertz CT molecular complexity index is 476. The Kier molecular flexibility index (Phi) is 8.62. The Morgan fingerprint density at radius 2 is 2.24 bits per heavy atom. The van der Waals surface area contributed by atoms with Gasteiger partial charge in [0.2, 0.25) is 0 Å². The number of nitrogens with zero attached hydrogens (tertiary/aromatic N) is 2. The molecule has 1 aromatic rings. The van der Waals surface area contributed by atoms with E-state index in [2.05, 4.69) is 0 Å². The lowest BCUT2D eigenvalue weighted by Gasteiger charge is -2.24. The monoisotopic (exact) mass is 330 g/mol. The number of aliphatic hydroxyl groups excluding tert-OH is 2. The average molecular weight is 330 g/mol. The molecule has 0 saturated heterocycles. The smallest absolute Gasteiger partial charge is 0.192 e. The molecule has 2 atom stereocenters. The highest BCUT2D eigenvalue weighted by molar-refractivity contribution is 7.89. The maximum absolute atomic E-state index is 12.6. The summed E-state index contributed by atoms with van der Waals surface area (Å²) in [4.78, 5) is 0.416. The van der Waals surface area contributed by atoms with Crippen molar-refractivity contribution in [2.24, 2.45) is 0 Å². The van der Waals surface area contributed by atoms with Crippen LogP contribution in [0.25, 0.3) is 0 Å². The van der Waals surface area contributed by atoms with Crippen molar-refractivity contribution in [2.75, 3.05) is 32.9 Å². The highest BCUT2D eigenvalue weighted by atomic mass is 32.2. The SMILES string of the molecule is COc1ccc([S+]([O-])N(CCCO)CPCO)c(C#N)c1. The van der Waals surface area contributed by atoms with E-state index in [1.54, 1.807) is 22.5 Å². The maximum Gasteiger partial charge on any atom is 0.192 e. The van der Waals surface area contributed by atoms with E-state index in [0.717, 1.165) is 0 Å². The van der Waals surface area contributed by atoms with Gasteiger partial charge in [-0.3, -0.25) is 0 Å². The number of nitriles is 1. The Hall–Kier alpha value is -0.870. The quantitative estimate of drug-likeness (QED) is 0.514. The van der Waals surface area contributed by atoms with Crippen molar-refractivity contribution in [3.63, 3.8) is 0 Å². The maximum atomic E-state index is 12.6. The van der Waals surface area contributed by atoms with E-state index in [-0.39, 0.29) is 21.5 Å². The zero-order valence-electron chi connectivity index (χ0n) is 11.8. The molecule has 0 aliphatic carbocycles. The van der Waals surface area contributed by atoms with Gasteiger partial charge in [0.05, 0.1) is 31.1 Å². The van der Waals surface area contributed by atoms with Crippen molar-refractivity contribution in [1.82, 2.24) is 4.31 Å². The fraction of sp³-hybridized carbons (Fsp3) is 0.462. The Morgan fingerprint density at radius 1 is 1.48 bits per heavy atom. The lowest BCUT2D eigenvalue weighted by molar-refractivity contribution is 0.274. The second kappa shape index (κ2) is 9.96. The second-order valence-electron chi connectivity index (χ2n) is 4.07. The van der Waals surface area contributed by atoms with Crippen molar-refractivity contribution < 1.29 is 19.5 Å². The molecule has 0 aliphatic rings. The van der Waals surface area contributed by atoms with Crippen LogP contribution in [0.3, 0.4) is 0 Å². The van der Waals surface area contributed by atoms with E-state index < -0.39 is 11.4 Å². The zero-order valence-corrected chi connectivity index (χ0v) is 13.6. The van der Waals surface area contributed by atoms with Crippen LogP contribution < -0.4 is 4.74 Å². The molecule has 0 fully saturated rings. The molecule has 0 saturated carbocycles. The normalized spacial score (nSPS) is 12.8. The minimum Gasteiger partial charge on any atom is -0.593 e. The first kappa shape index (κ1) is 18.2. The van der Waals surface area contributed by atoms with Gasteiger partial charge in [-0.25, -0.2) is 0 Å². The Labute approximate surface area is 129 Å². The highest BCUT2D eigenvalue weighted by Crippen LogP contribution is 2.26. The van der Waals surface area contributed by atoms with Crippen LogP contribution in [0.1, 0.15) is 12.0 Å². The number of methoxy groups -OCH3 is 1. The van der Waals surface area contributed by atoms with Crippen molar-refractivity contribution >= 4 is 19.9 Å². The summed E-state index contributed by atoms with van der Waals surface area (Å²) in [5, 5.41) is 27.0. The molecule has 21 heavy (non-hydrogen) atoms. The molecular weight excluding hydrogens is 311 g/mol. The summed E-state index contributed by atoms with van der Waals surface area (Å²) in [7, 11) is 1.74. The number of hydrogen-bond acceptors (Lipinski definition) is 6. The molecule has 1 aromatic carbocycles. The van der Waals surface area contributed by atoms with Gasteiger partial charge in [0, 0.05) is 25.3 Å². The predicted octanol–water partition coefficient (Wildman–Crippen LogP) is 0.860. The standard InChI is InChI=1S/C13H19N2O4PS/c1-19-12-3-4-13(11(7-12)8-14)21(18)15(5-2-6-16)9-20-10-17/h3-4,7,16-17,20H,2,5-6,9-10H2,1H3. The minimum absolute atomic E-state index is 0.00363. The second-order valence-corrected chi connectivity index (χ2v) is 6.66. The average Bonchev–Trinajstić information content (AvgIpc) is 2.53. The van der Waals surface area contributed by atoms with Crippen LogP contribution in [0, 0.1) is 11.3 Å². The number of benzene rings is 1. The third-order valence-electron chi connectivity index (χ3n) is 2.70. The molecule has 0 spiro atoms. The number of hydrogen-bond donors (Lipinski definition) is 2. The van der Waals surface area contributed by atoms with Crippen LogP contribution in [-0.4, -0.2) is 52.0 Å². The van der Waals surface area contributed by atoms with Gasteiger partial charge >= 0.3 is 0 Å². The van der Waals surface area contributed by atoms with Crippen LogP contribution in [0.4, 0.5) is 0 Å². The summed E-state index contributed by atoms with van der Waals surface area (Å²) in [6, 6.07) is 6.84. The summed E-state index contributed by atoms with van der Waals surface area (Å²) >= 11 is -1.51. The molecule has 116 valence electrons. The molecule has 2 unspecified atom stereocenters. The van der Waals surface area contributed by atoms with Crippen molar-refractivity contribution in [3.05, 3.63) is 23.8 Å². The molecule has 0 aliphatic heterocycles. The summed E-state index contributed by atoms with van der Waals surface area (Å²) < 4.78 is 19.3. The number of ether oxygens (including phenoxy) is 1. The van der Waals surface area contributed by atoms with Crippen molar-refractivity contribution in [2.45, 2.75) is 11.3 Å². The molecule has 1 rings (SSSR count). The Morgan fingerprint density at radius 3 is 2.81 bits per heavy atom. The fourth-order valence-electron chi connectivity index (χ4n) is 1.66. The van der Waals surface area contributed by atoms with Crippen molar-refractivity contribution in [3.8, 4) is 11.8 Å². The van der Waals surface area contributed by atoms with E-state index in [4.69, 9.17) is 14.9 Å². The highest BCUT2D eigenvalue weighted by Gasteiger charge is 2.25. The Balaban J connectivity index is 2.96. The molecular formula is C13H19N2O4PS. The summed E-state index contributed by atoms with van der Waals surface area (Å²) in [6.07, 6.45) is 0.972. The molecule has 8 heteroatoms. The van der Waals surface area contributed by atoms with Crippen LogP contribution >= 0.6 is 8.58 Å². The first-order valence-electron chi connectivity index (χ1n) is 6.35. The van der Waals surface area contributed by atoms with Gasteiger partial charge in [0.1, 0.15) is 17.4 Å². The number of rotatable bonds is 9. The molecule has 0 amide bonds. The minimum atomic E-state index is -1.51. The van der Waals surface area contributed by atoms with E-state index in [9.17, 15) is 9.81 Å². The van der Waals surface area contributed by atoms with Gasteiger partial charge in [-0.1, -0.05) is 8.58 Å². The summed E-state index contributed by atoms with van der Waals surface area (Å²) in [5.74, 6) is 0.534. The van der Waals surface area contributed by atoms with Gasteiger partial charge in [0.15, 0.2) is 4.90 Å². The molecule has 2 N–H and O–H groups in total. The molecule has 0 heterocycles.